The van der Waals surface area contributed by atoms with Gasteiger partial charge < -0.3 is 9.13 Å². The van der Waals surface area contributed by atoms with Gasteiger partial charge in [-0.15, -0.1) is 0 Å². The number of hydrogen-bond donors (Lipinski definition) is 0. The highest BCUT2D eigenvalue weighted by molar-refractivity contribution is 5.75. The van der Waals surface area contributed by atoms with Crippen LogP contribution >= 0.6 is 0 Å². The van der Waals surface area contributed by atoms with E-state index < -0.39 is 11.1 Å². The quantitative estimate of drug-likeness (QED) is 0.559. The van der Waals surface area contributed by atoms with Crippen LogP contribution in [-0.2, 0) is 18.4 Å². The molecule has 1 aromatic rings. The summed E-state index contributed by atoms with van der Waals surface area (Å²) in [4.78, 5) is 33.0. The second-order valence-electron chi connectivity index (χ2n) is 2.85. The second kappa shape index (κ2) is 3.38. The molecule has 0 aliphatic carbocycles. The van der Waals surface area contributed by atoms with E-state index in [1.807, 2.05) is 0 Å². The summed E-state index contributed by atoms with van der Waals surface area (Å²) in [6.45, 7) is 1.32. The van der Waals surface area contributed by atoms with Crippen LogP contribution in [0.2, 0.25) is 0 Å². The first kappa shape index (κ1) is 9.44. The Balaban J connectivity index is 3.27. The topological polar surface area (TPSA) is 61.1 Å². The molecule has 0 atom stereocenters. The molecule has 0 unspecified atom stereocenters. The van der Waals surface area contributed by atoms with Gasteiger partial charge >= 0.3 is 11.1 Å². The van der Waals surface area contributed by atoms with Crippen molar-refractivity contribution in [2.45, 2.75) is 13.5 Å². The highest BCUT2D eigenvalue weighted by Crippen LogP contribution is 1.79. The Morgan fingerprint density at radius 2 is 1.92 bits per heavy atom. The zero-order valence-electron chi connectivity index (χ0n) is 7.48. The van der Waals surface area contributed by atoms with E-state index in [0.717, 1.165) is 4.57 Å². The first-order valence-corrected chi connectivity index (χ1v) is 3.78. The fourth-order valence-corrected chi connectivity index (χ4v) is 0.954. The minimum Gasteiger partial charge on any atom is -0.312 e. The Bertz CT molecular complexity index is 441. The van der Waals surface area contributed by atoms with Gasteiger partial charge in [0.1, 0.15) is 5.78 Å². The number of Topliss-reactive ketones (excluding diaryl/α,β-unsaturated/α-hetero) is 1. The molecular weight excluding hydrogens is 172 g/mol. The van der Waals surface area contributed by atoms with Gasteiger partial charge in [-0.25, -0.2) is 0 Å². The van der Waals surface area contributed by atoms with Crippen molar-refractivity contribution >= 4 is 5.78 Å². The highest BCUT2D eigenvalue weighted by Gasteiger charge is 2.03. The van der Waals surface area contributed by atoms with E-state index in [0.29, 0.717) is 0 Å². The molecule has 0 bridgehead atoms. The van der Waals surface area contributed by atoms with Gasteiger partial charge in [0.25, 0.3) is 0 Å². The predicted molar refractivity (Wildman–Crippen MR) is 46.6 cm³/mol. The monoisotopic (exact) mass is 182 g/mol. The van der Waals surface area contributed by atoms with Crippen molar-refractivity contribution in [1.29, 1.82) is 0 Å². The van der Waals surface area contributed by atoms with E-state index in [4.69, 9.17) is 0 Å². The minimum atomic E-state index is -0.666. The van der Waals surface area contributed by atoms with Crippen molar-refractivity contribution in [1.82, 2.24) is 9.13 Å². The molecule has 1 heterocycles. The molecule has 0 radical (unpaired) electrons. The number of hydrogen-bond acceptors (Lipinski definition) is 3. The Hall–Kier alpha value is -1.65. The molecule has 0 aromatic carbocycles. The van der Waals surface area contributed by atoms with Gasteiger partial charge in [-0.3, -0.25) is 14.4 Å². The molecule has 5 nitrogen and oxygen atoms in total. The van der Waals surface area contributed by atoms with Gasteiger partial charge in [0, 0.05) is 19.4 Å². The summed E-state index contributed by atoms with van der Waals surface area (Å²) in [6.07, 6.45) is 2.87. The Morgan fingerprint density at radius 1 is 1.31 bits per heavy atom. The van der Waals surface area contributed by atoms with Crippen molar-refractivity contribution in [2.24, 2.45) is 7.05 Å². The zero-order valence-corrected chi connectivity index (χ0v) is 7.48. The Morgan fingerprint density at radius 3 is 2.46 bits per heavy atom. The van der Waals surface area contributed by atoms with Crippen LogP contribution in [0.25, 0.3) is 0 Å². The maximum Gasteiger partial charge on any atom is 0.316 e. The molecule has 5 heteroatoms. The maximum absolute atomic E-state index is 11.2. The Kier molecular flexibility index (Phi) is 2.46. The van der Waals surface area contributed by atoms with Crippen LogP contribution in [0, 0.1) is 0 Å². The third-order valence-electron chi connectivity index (χ3n) is 1.63. The molecule has 70 valence electrons. The zero-order chi connectivity index (χ0) is 10.0. The average Bonchev–Trinajstić information content (AvgIpc) is 2.06. The summed E-state index contributed by atoms with van der Waals surface area (Å²) in [5.41, 5.74) is -1.29. The number of carbonyl (C=O) groups is 1. The molecule has 0 spiro atoms. The molecule has 1 rings (SSSR count). The summed E-state index contributed by atoms with van der Waals surface area (Å²) in [6, 6.07) is 0. The number of ketones is 1. The smallest absolute Gasteiger partial charge is 0.312 e. The number of rotatable bonds is 2. The minimum absolute atomic E-state index is 0.0467. The van der Waals surface area contributed by atoms with Gasteiger partial charge in [-0.05, 0) is 6.92 Å². The number of carbonyl (C=O) groups excluding carboxylic acids is 1. The number of nitrogens with zero attached hydrogens (tertiary/aromatic N) is 2. The lowest BCUT2D eigenvalue weighted by molar-refractivity contribution is -0.117. The van der Waals surface area contributed by atoms with Crippen molar-refractivity contribution in [3.63, 3.8) is 0 Å². The summed E-state index contributed by atoms with van der Waals surface area (Å²) in [5, 5.41) is 0. The number of aromatic nitrogens is 2. The fraction of sp³-hybridized carbons (Fsp3) is 0.375. The standard InChI is InChI=1S/C8H10N2O3/c1-6(11)5-10-4-3-9(2)7(12)8(10)13/h3-4H,5H2,1-2H3. The lowest BCUT2D eigenvalue weighted by Crippen LogP contribution is -2.40. The largest absolute Gasteiger partial charge is 0.316 e. The van der Waals surface area contributed by atoms with Gasteiger partial charge in [-0.1, -0.05) is 0 Å². The van der Waals surface area contributed by atoms with Crippen molar-refractivity contribution < 1.29 is 4.79 Å². The lowest BCUT2D eigenvalue weighted by atomic mass is 10.4. The molecule has 0 aliphatic rings. The first-order valence-electron chi connectivity index (χ1n) is 3.78. The highest BCUT2D eigenvalue weighted by atomic mass is 16.2. The third kappa shape index (κ3) is 1.93. The lowest BCUT2D eigenvalue weighted by Gasteiger charge is -2.02. The third-order valence-corrected chi connectivity index (χ3v) is 1.63. The van der Waals surface area contributed by atoms with E-state index >= 15 is 0 Å². The van der Waals surface area contributed by atoms with E-state index in [1.54, 1.807) is 0 Å². The molecule has 0 fully saturated rings. The summed E-state index contributed by atoms with van der Waals surface area (Å²) >= 11 is 0. The predicted octanol–water partition coefficient (Wildman–Crippen LogP) is -0.864. The van der Waals surface area contributed by atoms with E-state index in [1.165, 1.54) is 30.9 Å². The van der Waals surface area contributed by atoms with Crippen LogP contribution in [0.5, 0.6) is 0 Å². The molecule has 0 saturated carbocycles. The van der Waals surface area contributed by atoms with E-state index in [2.05, 4.69) is 0 Å². The van der Waals surface area contributed by atoms with Gasteiger partial charge in [0.05, 0.1) is 6.54 Å². The van der Waals surface area contributed by atoms with Gasteiger partial charge in [-0.2, -0.15) is 0 Å². The van der Waals surface area contributed by atoms with Crippen LogP contribution in [0.1, 0.15) is 6.92 Å². The summed E-state index contributed by atoms with van der Waals surface area (Å²) < 4.78 is 2.28. The van der Waals surface area contributed by atoms with Crippen molar-refractivity contribution in [3.8, 4) is 0 Å². The van der Waals surface area contributed by atoms with Gasteiger partial charge in [0.15, 0.2) is 0 Å². The van der Waals surface area contributed by atoms with Crippen molar-refractivity contribution in [3.05, 3.63) is 33.1 Å². The average molecular weight is 182 g/mol. The normalized spacial score (nSPS) is 10.0. The number of aryl methyl sites for hydroxylation is 1. The first-order chi connectivity index (χ1) is 6.02. The van der Waals surface area contributed by atoms with Gasteiger partial charge in [0.2, 0.25) is 0 Å². The van der Waals surface area contributed by atoms with Crippen LogP contribution < -0.4 is 11.1 Å². The summed E-state index contributed by atoms with van der Waals surface area (Å²) in [7, 11) is 1.49. The molecule has 1 aromatic heterocycles. The SMILES string of the molecule is CC(=O)Cn1ccn(C)c(=O)c1=O. The van der Waals surface area contributed by atoms with Crippen LogP contribution in [0.15, 0.2) is 22.0 Å². The molecule has 13 heavy (non-hydrogen) atoms. The molecule has 0 saturated heterocycles. The fourth-order valence-electron chi connectivity index (χ4n) is 0.954. The van der Waals surface area contributed by atoms with Crippen LogP contribution in [0.3, 0.4) is 0 Å². The van der Waals surface area contributed by atoms with Crippen LogP contribution in [-0.4, -0.2) is 14.9 Å². The van der Waals surface area contributed by atoms with Crippen molar-refractivity contribution in [2.75, 3.05) is 0 Å². The van der Waals surface area contributed by atoms with Crippen LogP contribution in [0.4, 0.5) is 0 Å². The molecular formula is C8H10N2O3. The maximum atomic E-state index is 11.2. The van der Waals surface area contributed by atoms with E-state index in [-0.39, 0.29) is 12.3 Å². The van der Waals surface area contributed by atoms with E-state index in [9.17, 15) is 14.4 Å². The Labute approximate surface area is 74.2 Å². The molecule has 0 aliphatic heterocycles. The summed E-state index contributed by atoms with van der Waals surface area (Å²) in [5.74, 6) is -0.157. The molecule has 0 N–H and O–H groups in total. The molecule has 0 amide bonds. The second-order valence-corrected chi connectivity index (χ2v) is 2.85.